The molecular formula is C27H31F2N3O3. The molecule has 1 saturated carbocycles. The molecule has 6 rings (SSSR count). The molecule has 2 aromatic carbocycles. The number of hydrogen-bond donors (Lipinski definition) is 2. The van der Waals surface area contributed by atoms with E-state index >= 15 is 0 Å². The van der Waals surface area contributed by atoms with Gasteiger partial charge in [0.05, 0.1) is 6.61 Å². The lowest BCUT2D eigenvalue weighted by Crippen LogP contribution is -2.47. The first-order valence-electron chi connectivity index (χ1n) is 12.6. The molecule has 6 nitrogen and oxygen atoms in total. The van der Waals surface area contributed by atoms with Gasteiger partial charge in [-0.3, -0.25) is 9.69 Å². The van der Waals surface area contributed by atoms with E-state index in [4.69, 9.17) is 4.74 Å². The maximum atomic E-state index is 14.0. The second-order valence-corrected chi connectivity index (χ2v) is 10.2. The summed E-state index contributed by atoms with van der Waals surface area (Å²) < 4.78 is 33.9. The van der Waals surface area contributed by atoms with Crippen LogP contribution in [0, 0.1) is 5.92 Å². The van der Waals surface area contributed by atoms with Crippen molar-refractivity contribution in [2.45, 2.75) is 43.8 Å². The van der Waals surface area contributed by atoms with E-state index in [1.165, 1.54) is 11.6 Å². The van der Waals surface area contributed by atoms with Gasteiger partial charge in [0.25, 0.3) is 0 Å². The molecule has 0 radical (unpaired) electrons. The van der Waals surface area contributed by atoms with Gasteiger partial charge in [0.1, 0.15) is 12.0 Å². The third-order valence-corrected chi connectivity index (χ3v) is 7.95. The van der Waals surface area contributed by atoms with Crippen LogP contribution in [0.1, 0.15) is 46.7 Å². The molecule has 0 amide bonds. The fourth-order valence-electron chi connectivity index (χ4n) is 5.87. The summed E-state index contributed by atoms with van der Waals surface area (Å²) in [5, 5.41) is 13.3. The number of nitrogens with zero attached hydrogens (tertiary/aromatic N) is 2. The molecule has 35 heavy (non-hydrogen) atoms. The number of unbranched alkanes of at least 4 members (excludes halogenated alkanes) is 1. The van der Waals surface area contributed by atoms with Crippen LogP contribution < -0.4 is 15.0 Å². The molecule has 2 heterocycles. The Balaban J connectivity index is 0.943. The third-order valence-electron chi connectivity index (χ3n) is 7.95. The van der Waals surface area contributed by atoms with Crippen LogP contribution in [-0.4, -0.2) is 67.3 Å². The number of carbonyl (C=O) groups is 1. The lowest BCUT2D eigenvalue weighted by Gasteiger charge is -2.37. The first-order valence-corrected chi connectivity index (χ1v) is 12.6. The highest BCUT2D eigenvalue weighted by atomic mass is 19.3. The number of fused-ring (bicyclic) bond motifs is 4. The monoisotopic (exact) mass is 483 g/mol. The molecule has 2 aliphatic carbocycles. The molecule has 8 heteroatoms. The van der Waals surface area contributed by atoms with Gasteiger partial charge in [-0.15, -0.1) is 0 Å². The van der Waals surface area contributed by atoms with Crippen LogP contribution in [0.4, 0.5) is 20.2 Å². The Kier molecular flexibility index (Phi) is 5.68. The molecule has 2 N–H and O–H groups in total. The zero-order chi connectivity index (χ0) is 24.2. The number of benzene rings is 2. The molecule has 0 aromatic heterocycles. The number of anilines is 2. The third kappa shape index (κ3) is 4.27. The van der Waals surface area contributed by atoms with Crippen molar-refractivity contribution in [3.8, 4) is 5.75 Å². The number of piperazine rings is 1. The molecule has 2 fully saturated rings. The Labute approximate surface area is 203 Å². The van der Waals surface area contributed by atoms with Crippen LogP contribution in [0.2, 0.25) is 0 Å². The number of hydrogen-bond acceptors (Lipinski definition) is 6. The van der Waals surface area contributed by atoms with Crippen molar-refractivity contribution in [2.24, 2.45) is 5.92 Å². The quantitative estimate of drug-likeness (QED) is 0.583. The lowest BCUT2D eigenvalue weighted by molar-refractivity contribution is 0.0168. The van der Waals surface area contributed by atoms with Crippen molar-refractivity contribution in [3.63, 3.8) is 0 Å². The van der Waals surface area contributed by atoms with E-state index in [2.05, 4.69) is 21.2 Å². The van der Waals surface area contributed by atoms with Gasteiger partial charge in [-0.1, -0.05) is 18.2 Å². The SMILES string of the molecule is O=C1c2cccc(N3CCN(CCCCOc4ccc5c(c4)NC(O)C4CC54)CC3)c2CC1(F)F. The summed E-state index contributed by atoms with van der Waals surface area (Å²) in [6.45, 7) is 4.89. The van der Waals surface area contributed by atoms with Crippen LogP contribution in [0.15, 0.2) is 36.4 Å². The van der Waals surface area contributed by atoms with Crippen molar-refractivity contribution >= 4 is 17.2 Å². The topological polar surface area (TPSA) is 65.0 Å². The normalized spacial score (nSPS) is 26.5. The standard InChI is InChI=1S/C27H31F2N3O3/c28-27(29)16-22-19(25(27)33)4-3-5-24(22)32-11-9-31(10-12-32)8-1-2-13-35-17-6-7-18-20-15-21(20)26(34)30-23(18)14-17/h3-7,14,20-21,26,30,34H,1-2,8-13,15-16H2. The van der Waals surface area contributed by atoms with Gasteiger partial charge in [0.15, 0.2) is 0 Å². The van der Waals surface area contributed by atoms with E-state index < -0.39 is 24.4 Å². The number of ketones is 1. The molecule has 3 unspecified atom stereocenters. The number of ether oxygens (including phenoxy) is 1. The Morgan fingerprint density at radius 1 is 1.11 bits per heavy atom. The number of halogens is 2. The highest BCUT2D eigenvalue weighted by Gasteiger charge is 2.48. The number of carbonyl (C=O) groups excluding carboxylic acids is 1. The molecule has 186 valence electrons. The van der Waals surface area contributed by atoms with E-state index in [-0.39, 0.29) is 5.56 Å². The van der Waals surface area contributed by atoms with Crippen molar-refractivity contribution < 1.29 is 23.4 Å². The largest absolute Gasteiger partial charge is 0.494 e. The van der Waals surface area contributed by atoms with Crippen LogP contribution in [0.5, 0.6) is 5.75 Å². The van der Waals surface area contributed by atoms with Crippen LogP contribution >= 0.6 is 0 Å². The predicted octanol–water partition coefficient (Wildman–Crippen LogP) is 3.89. The lowest BCUT2D eigenvalue weighted by atomic mass is 10.0. The minimum Gasteiger partial charge on any atom is -0.494 e. The molecule has 4 aliphatic rings. The Bertz CT molecular complexity index is 1130. The van der Waals surface area contributed by atoms with Gasteiger partial charge in [-0.2, -0.15) is 8.78 Å². The van der Waals surface area contributed by atoms with Crippen LogP contribution in [0.3, 0.4) is 0 Å². The smallest absolute Gasteiger partial charge is 0.313 e. The van der Waals surface area contributed by atoms with E-state index in [9.17, 15) is 18.7 Å². The average Bonchev–Trinajstić information content (AvgIpc) is 3.62. The molecule has 0 bridgehead atoms. The summed E-state index contributed by atoms with van der Waals surface area (Å²) in [5.41, 5.74) is 3.73. The van der Waals surface area contributed by atoms with E-state index in [1.807, 2.05) is 18.2 Å². The average molecular weight is 484 g/mol. The molecule has 3 atom stereocenters. The number of Topliss-reactive ketones (excluding diaryl/α,β-unsaturated/α-hetero) is 1. The number of rotatable bonds is 7. The second-order valence-electron chi connectivity index (χ2n) is 10.2. The molecule has 1 saturated heterocycles. The number of alkyl halides is 2. The summed E-state index contributed by atoms with van der Waals surface area (Å²) in [4.78, 5) is 16.5. The molecule has 2 aliphatic heterocycles. The van der Waals surface area contributed by atoms with Crippen molar-refractivity contribution in [1.82, 2.24) is 4.90 Å². The zero-order valence-electron chi connectivity index (χ0n) is 19.7. The highest BCUT2D eigenvalue weighted by molar-refractivity contribution is 6.07. The van der Waals surface area contributed by atoms with Gasteiger partial charge in [0.2, 0.25) is 5.78 Å². The van der Waals surface area contributed by atoms with E-state index in [1.54, 1.807) is 6.07 Å². The summed E-state index contributed by atoms with van der Waals surface area (Å²) in [6.07, 6.45) is 2.09. The van der Waals surface area contributed by atoms with Crippen LogP contribution in [0.25, 0.3) is 0 Å². The second kappa shape index (κ2) is 8.75. The first kappa shape index (κ1) is 22.7. The Morgan fingerprint density at radius 2 is 1.94 bits per heavy atom. The number of aliphatic hydroxyl groups excluding tert-OH is 1. The maximum absolute atomic E-state index is 14.0. The molecular weight excluding hydrogens is 452 g/mol. The Morgan fingerprint density at radius 3 is 2.77 bits per heavy atom. The minimum absolute atomic E-state index is 0.178. The fraction of sp³-hybridized carbons (Fsp3) is 0.519. The predicted molar refractivity (Wildman–Crippen MR) is 130 cm³/mol. The van der Waals surface area contributed by atoms with Crippen molar-refractivity contribution in [2.75, 3.05) is 49.5 Å². The number of nitrogens with one attached hydrogen (secondary N) is 1. The van der Waals surface area contributed by atoms with E-state index in [0.717, 1.165) is 69.1 Å². The zero-order valence-corrected chi connectivity index (χ0v) is 19.7. The summed E-state index contributed by atoms with van der Waals surface area (Å²) in [5.74, 6) is -2.65. The summed E-state index contributed by atoms with van der Waals surface area (Å²) in [7, 11) is 0. The fourth-order valence-corrected chi connectivity index (χ4v) is 5.87. The van der Waals surface area contributed by atoms with Gasteiger partial charge < -0.3 is 20.1 Å². The minimum atomic E-state index is -3.28. The van der Waals surface area contributed by atoms with Crippen LogP contribution in [-0.2, 0) is 6.42 Å². The summed E-state index contributed by atoms with van der Waals surface area (Å²) >= 11 is 0. The number of aliphatic hydroxyl groups is 1. The van der Waals surface area contributed by atoms with E-state index in [0.29, 0.717) is 24.0 Å². The van der Waals surface area contributed by atoms with Gasteiger partial charge in [-0.25, -0.2) is 0 Å². The molecule has 0 spiro atoms. The molecule has 2 aromatic rings. The van der Waals surface area contributed by atoms with Crippen molar-refractivity contribution in [1.29, 1.82) is 0 Å². The van der Waals surface area contributed by atoms with Gasteiger partial charge in [-0.05, 0) is 55.0 Å². The highest BCUT2D eigenvalue weighted by Crippen LogP contribution is 2.55. The summed E-state index contributed by atoms with van der Waals surface area (Å²) in [6, 6.07) is 11.2. The van der Waals surface area contributed by atoms with Gasteiger partial charge in [0, 0.05) is 61.5 Å². The van der Waals surface area contributed by atoms with Gasteiger partial charge >= 0.3 is 5.92 Å². The van der Waals surface area contributed by atoms with Crippen molar-refractivity contribution in [3.05, 3.63) is 53.1 Å². The maximum Gasteiger partial charge on any atom is 0.313 e. The Hall–Kier alpha value is -2.71. The first-order chi connectivity index (χ1) is 16.9.